The van der Waals surface area contributed by atoms with Crippen LogP contribution in [0.15, 0.2) is 65.7 Å². The fourth-order valence-corrected chi connectivity index (χ4v) is 2.24. The molecule has 2 nitrogen and oxygen atoms in total. The zero-order chi connectivity index (χ0) is 12.4. The number of aliphatic imine (C=N–C) groups is 1. The van der Waals surface area contributed by atoms with Crippen LogP contribution < -0.4 is 5.73 Å². The number of nitrogens with two attached hydrogens (primary N) is 1. The van der Waals surface area contributed by atoms with Crippen molar-refractivity contribution in [3.05, 3.63) is 71.8 Å². The summed E-state index contributed by atoms with van der Waals surface area (Å²) in [6.45, 7) is 0. The van der Waals surface area contributed by atoms with Gasteiger partial charge >= 0.3 is 0 Å². The van der Waals surface area contributed by atoms with Gasteiger partial charge in [0.1, 0.15) is 5.84 Å². The van der Waals surface area contributed by atoms with Gasteiger partial charge in [0, 0.05) is 11.5 Å². The summed E-state index contributed by atoms with van der Waals surface area (Å²) in [5, 5.41) is 0. The molecule has 0 aliphatic heterocycles. The van der Waals surface area contributed by atoms with Crippen molar-refractivity contribution in [3.8, 4) is 0 Å². The summed E-state index contributed by atoms with van der Waals surface area (Å²) in [6.07, 6.45) is 1.11. The van der Waals surface area contributed by atoms with Crippen molar-refractivity contribution in [2.24, 2.45) is 10.7 Å². The normalized spacial score (nSPS) is 22.8. The lowest BCUT2D eigenvalue weighted by atomic mass is 10.1. The molecule has 0 heterocycles. The Morgan fingerprint density at radius 3 is 2.22 bits per heavy atom. The molecule has 3 rings (SSSR count). The van der Waals surface area contributed by atoms with E-state index in [0.717, 1.165) is 12.0 Å². The summed E-state index contributed by atoms with van der Waals surface area (Å²) < 4.78 is 0. The van der Waals surface area contributed by atoms with Crippen LogP contribution >= 0.6 is 0 Å². The smallest absolute Gasteiger partial charge is 0.125 e. The van der Waals surface area contributed by atoms with Crippen LogP contribution in [0.2, 0.25) is 0 Å². The molecule has 1 saturated carbocycles. The minimum Gasteiger partial charge on any atom is -0.383 e. The third-order valence-electron chi connectivity index (χ3n) is 3.36. The Hall–Kier alpha value is -2.09. The van der Waals surface area contributed by atoms with Gasteiger partial charge in [-0.2, -0.15) is 0 Å². The van der Waals surface area contributed by atoms with Gasteiger partial charge in [-0.1, -0.05) is 60.7 Å². The number of hydrogen-bond acceptors (Lipinski definition) is 1. The van der Waals surface area contributed by atoms with Crippen molar-refractivity contribution >= 4 is 5.84 Å². The molecule has 2 aromatic rings. The first-order valence-corrected chi connectivity index (χ1v) is 6.28. The third-order valence-corrected chi connectivity index (χ3v) is 3.36. The van der Waals surface area contributed by atoms with Crippen LogP contribution in [0.4, 0.5) is 0 Å². The molecule has 1 aliphatic rings. The second kappa shape index (κ2) is 4.65. The lowest BCUT2D eigenvalue weighted by Gasteiger charge is -2.01. The summed E-state index contributed by atoms with van der Waals surface area (Å²) >= 11 is 0. The average molecular weight is 236 g/mol. The summed E-state index contributed by atoms with van der Waals surface area (Å²) in [7, 11) is 0. The Balaban J connectivity index is 1.73. The van der Waals surface area contributed by atoms with Gasteiger partial charge in [0.25, 0.3) is 0 Å². The zero-order valence-electron chi connectivity index (χ0n) is 10.2. The van der Waals surface area contributed by atoms with Gasteiger partial charge in [-0.05, 0) is 12.0 Å². The van der Waals surface area contributed by atoms with Crippen molar-refractivity contribution in [2.45, 2.75) is 18.4 Å². The van der Waals surface area contributed by atoms with Gasteiger partial charge in [-0.3, -0.25) is 4.99 Å². The molecule has 0 bridgehead atoms. The highest BCUT2D eigenvalue weighted by atomic mass is 14.9. The lowest BCUT2D eigenvalue weighted by molar-refractivity contribution is 0.986. The lowest BCUT2D eigenvalue weighted by Crippen LogP contribution is -2.14. The minimum atomic E-state index is 0.354. The molecule has 2 heteroatoms. The first-order valence-electron chi connectivity index (χ1n) is 6.28. The second-order valence-electron chi connectivity index (χ2n) is 4.70. The first kappa shape index (κ1) is 11.0. The van der Waals surface area contributed by atoms with Crippen LogP contribution in [0.25, 0.3) is 0 Å². The van der Waals surface area contributed by atoms with Crippen LogP contribution in [-0.2, 0) is 0 Å². The van der Waals surface area contributed by atoms with E-state index in [9.17, 15) is 0 Å². The number of amidine groups is 1. The van der Waals surface area contributed by atoms with Crippen molar-refractivity contribution in [1.29, 1.82) is 0 Å². The molecule has 18 heavy (non-hydrogen) atoms. The third kappa shape index (κ3) is 2.28. The van der Waals surface area contributed by atoms with E-state index in [4.69, 9.17) is 5.73 Å². The maximum atomic E-state index is 6.03. The van der Waals surface area contributed by atoms with Crippen LogP contribution in [0.1, 0.15) is 23.5 Å². The fraction of sp³-hybridized carbons (Fsp3) is 0.188. The van der Waals surface area contributed by atoms with Crippen molar-refractivity contribution < 1.29 is 0 Å². The molecule has 90 valence electrons. The average Bonchev–Trinajstić information content (AvgIpc) is 3.20. The molecular formula is C16H16N2. The highest BCUT2D eigenvalue weighted by Gasteiger charge is 2.38. The largest absolute Gasteiger partial charge is 0.383 e. The van der Waals surface area contributed by atoms with Gasteiger partial charge in [0.15, 0.2) is 0 Å². The maximum Gasteiger partial charge on any atom is 0.125 e. The molecule has 0 spiro atoms. The molecule has 2 aromatic carbocycles. The van der Waals surface area contributed by atoms with E-state index in [0.29, 0.717) is 17.8 Å². The molecule has 1 aliphatic carbocycles. The molecule has 2 N–H and O–H groups in total. The van der Waals surface area contributed by atoms with Crippen molar-refractivity contribution in [3.63, 3.8) is 0 Å². The minimum absolute atomic E-state index is 0.354. The molecule has 2 unspecified atom stereocenters. The van der Waals surface area contributed by atoms with Crippen LogP contribution in [-0.4, -0.2) is 11.9 Å². The van der Waals surface area contributed by atoms with E-state index in [1.807, 2.05) is 36.4 Å². The molecule has 0 amide bonds. The monoisotopic (exact) mass is 236 g/mol. The highest BCUT2D eigenvalue weighted by Crippen LogP contribution is 2.43. The van der Waals surface area contributed by atoms with Gasteiger partial charge in [0.05, 0.1) is 6.04 Å². The van der Waals surface area contributed by atoms with Gasteiger partial charge in [0.2, 0.25) is 0 Å². The number of benzene rings is 2. The number of rotatable bonds is 3. The van der Waals surface area contributed by atoms with E-state index < -0.39 is 0 Å². The van der Waals surface area contributed by atoms with Gasteiger partial charge < -0.3 is 5.73 Å². The molecule has 0 saturated heterocycles. The second-order valence-corrected chi connectivity index (χ2v) is 4.70. The maximum absolute atomic E-state index is 6.03. The zero-order valence-corrected chi connectivity index (χ0v) is 10.2. The Morgan fingerprint density at radius 2 is 1.56 bits per heavy atom. The number of nitrogens with zero attached hydrogens (tertiary/aromatic N) is 1. The van der Waals surface area contributed by atoms with Crippen molar-refractivity contribution in [1.82, 2.24) is 0 Å². The first-order chi connectivity index (χ1) is 8.84. The summed E-state index contributed by atoms with van der Waals surface area (Å²) in [5.74, 6) is 1.20. The molecule has 0 radical (unpaired) electrons. The van der Waals surface area contributed by atoms with E-state index in [-0.39, 0.29) is 0 Å². The molecule has 1 fully saturated rings. The SMILES string of the molecule is NC(=NC1CC1c1ccccc1)c1ccccc1. The Labute approximate surface area is 107 Å². The fourth-order valence-electron chi connectivity index (χ4n) is 2.24. The Bertz CT molecular complexity index is 546. The van der Waals surface area contributed by atoms with E-state index in [2.05, 4.69) is 29.3 Å². The molecule has 0 aromatic heterocycles. The summed E-state index contributed by atoms with van der Waals surface area (Å²) in [6, 6.07) is 20.8. The van der Waals surface area contributed by atoms with Crippen LogP contribution in [0.5, 0.6) is 0 Å². The Kier molecular flexibility index (Phi) is 2.85. The Morgan fingerprint density at radius 1 is 0.944 bits per heavy atom. The van der Waals surface area contributed by atoms with E-state index in [1.54, 1.807) is 0 Å². The molecular weight excluding hydrogens is 220 g/mol. The van der Waals surface area contributed by atoms with Gasteiger partial charge in [-0.25, -0.2) is 0 Å². The number of hydrogen-bond donors (Lipinski definition) is 1. The van der Waals surface area contributed by atoms with Crippen molar-refractivity contribution in [2.75, 3.05) is 0 Å². The van der Waals surface area contributed by atoms with Crippen LogP contribution in [0, 0.1) is 0 Å². The molecule has 2 atom stereocenters. The topological polar surface area (TPSA) is 38.4 Å². The summed E-state index contributed by atoms with van der Waals surface area (Å²) in [5.41, 5.74) is 8.40. The predicted octanol–water partition coefficient (Wildman–Crippen LogP) is 2.95. The predicted molar refractivity (Wildman–Crippen MR) is 74.8 cm³/mol. The van der Waals surface area contributed by atoms with E-state index >= 15 is 0 Å². The summed E-state index contributed by atoms with van der Waals surface area (Å²) in [4.78, 5) is 4.61. The standard InChI is InChI=1S/C16H16N2/c17-16(13-9-5-2-6-10-13)18-15-11-14(15)12-7-3-1-4-8-12/h1-10,14-15H,11H2,(H2,17,18). The van der Waals surface area contributed by atoms with E-state index in [1.165, 1.54) is 5.56 Å². The van der Waals surface area contributed by atoms with Gasteiger partial charge in [-0.15, -0.1) is 0 Å². The highest BCUT2D eigenvalue weighted by molar-refractivity contribution is 5.97. The van der Waals surface area contributed by atoms with Crippen LogP contribution in [0.3, 0.4) is 0 Å². The quantitative estimate of drug-likeness (QED) is 0.645.